The summed E-state index contributed by atoms with van der Waals surface area (Å²) in [7, 11) is 0. The zero-order chi connectivity index (χ0) is 13.4. The lowest BCUT2D eigenvalue weighted by molar-refractivity contribution is 0.258. The van der Waals surface area contributed by atoms with Crippen molar-refractivity contribution in [2.24, 2.45) is 17.6 Å². The quantitative estimate of drug-likeness (QED) is 0.896. The second-order valence-corrected chi connectivity index (χ2v) is 6.43. The van der Waals surface area contributed by atoms with Crippen LogP contribution in [0, 0.1) is 11.8 Å². The van der Waals surface area contributed by atoms with Crippen molar-refractivity contribution in [3.05, 3.63) is 12.2 Å². The third-order valence-electron chi connectivity index (χ3n) is 4.73. The Morgan fingerprint density at radius 1 is 1.37 bits per heavy atom. The van der Waals surface area contributed by atoms with E-state index < -0.39 is 0 Å². The van der Waals surface area contributed by atoms with E-state index in [9.17, 15) is 0 Å². The highest BCUT2D eigenvalue weighted by molar-refractivity contribution is 4.96. The number of aromatic nitrogens is 3. The maximum absolute atomic E-state index is 6.27. The van der Waals surface area contributed by atoms with E-state index in [1.165, 1.54) is 25.8 Å². The minimum absolute atomic E-state index is 0.379. The Labute approximate surface area is 115 Å². The normalized spacial score (nSPS) is 31.9. The fourth-order valence-electron chi connectivity index (χ4n) is 3.76. The molecule has 3 atom stereocenters. The highest BCUT2D eigenvalue weighted by Crippen LogP contribution is 2.35. The van der Waals surface area contributed by atoms with Gasteiger partial charge in [-0.1, -0.05) is 6.42 Å². The van der Waals surface area contributed by atoms with Crippen molar-refractivity contribution in [1.82, 2.24) is 19.7 Å². The second-order valence-electron chi connectivity index (χ2n) is 6.43. The van der Waals surface area contributed by atoms with Crippen molar-refractivity contribution in [1.29, 1.82) is 0 Å². The average Bonchev–Trinajstić information content (AvgIpc) is 2.96. The van der Waals surface area contributed by atoms with Crippen molar-refractivity contribution in [2.75, 3.05) is 13.1 Å². The molecule has 2 N–H and O–H groups in total. The fourth-order valence-corrected chi connectivity index (χ4v) is 3.76. The Morgan fingerprint density at radius 2 is 2.21 bits per heavy atom. The molecule has 2 fully saturated rings. The van der Waals surface area contributed by atoms with Gasteiger partial charge in [-0.15, -0.1) is 0 Å². The van der Waals surface area contributed by atoms with Gasteiger partial charge in [-0.3, -0.25) is 4.90 Å². The Kier molecular flexibility index (Phi) is 3.58. The first-order chi connectivity index (χ1) is 9.15. The maximum Gasteiger partial charge on any atom is 0.141 e. The highest BCUT2D eigenvalue weighted by atomic mass is 15.4. The molecule has 5 heteroatoms. The number of rotatable bonds is 3. The molecule has 0 bridgehead atoms. The zero-order valence-electron chi connectivity index (χ0n) is 12.0. The lowest BCUT2D eigenvalue weighted by atomic mass is 9.78. The molecule has 5 nitrogen and oxygen atoms in total. The van der Waals surface area contributed by atoms with Crippen LogP contribution in [0.25, 0.3) is 0 Å². The Hall–Kier alpha value is -0.940. The van der Waals surface area contributed by atoms with Crippen LogP contribution in [0.1, 0.15) is 45.0 Å². The fraction of sp³-hybridized carbons (Fsp3) is 0.857. The van der Waals surface area contributed by atoms with Crippen LogP contribution in [0.15, 0.2) is 6.33 Å². The summed E-state index contributed by atoms with van der Waals surface area (Å²) >= 11 is 0. The van der Waals surface area contributed by atoms with Gasteiger partial charge >= 0.3 is 0 Å². The maximum atomic E-state index is 6.27. The van der Waals surface area contributed by atoms with E-state index in [2.05, 4.69) is 28.8 Å². The molecule has 1 saturated carbocycles. The van der Waals surface area contributed by atoms with Crippen molar-refractivity contribution in [3.8, 4) is 0 Å². The second kappa shape index (κ2) is 5.21. The average molecular weight is 263 g/mol. The summed E-state index contributed by atoms with van der Waals surface area (Å²) < 4.78 is 2.03. The van der Waals surface area contributed by atoms with Gasteiger partial charge in [0.05, 0.1) is 6.54 Å². The van der Waals surface area contributed by atoms with Crippen LogP contribution in [0.2, 0.25) is 0 Å². The molecule has 3 rings (SSSR count). The summed E-state index contributed by atoms with van der Waals surface area (Å²) in [5.41, 5.74) is 6.27. The summed E-state index contributed by atoms with van der Waals surface area (Å²) in [5, 5.41) is 4.32. The first-order valence-corrected chi connectivity index (χ1v) is 7.51. The van der Waals surface area contributed by atoms with Crippen LogP contribution >= 0.6 is 0 Å². The molecule has 3 unspecified atom stereocenters. The molecule has 19 heavy (non-hydrogen) atoms. The molecular formula is C14H25N5. The van der Waals surface area contributed by atoms with Crippen LogP contribution in [-0.2, 0) is 6.54 Å². The zero-order valence-corrected chi connectivity index (χ0v) is 12.0. The third-order valence-corrected chi connectivity index (χ3v) is 4.73. The number of likely N-dealkylation sites (tertiary alicyclic amines) is 1. The minimum Gasteiger partial charge on any atom is -0.327 e. The van der Waals surface area contributed by atoms with Gasteiger partial charge in [-0.25, -0.2) is 9.67 Å². The van der Waals surface area contributed by atoms with Gasteiger partial charge in [0.25, 0.3) is 0 Å². The highest BCUT2D eigenvalue weighted by Gasteiger charge is 2.38. The standard InChI is InChI=1S/C14H25N5/c1-10(2)19-14(16-9-17-19)8-18-6-11-4-3-5-13(15)12(11)7-18/h9-13H,3-8,15H2,1-2H3. The largest absolute Gasteiger partial charge is 0.327 e. The van der Waals surface area contributed by atoms with Gasteiger partial charge in [0.1, 0.15) is 12.2 Å². The molecule has 1 aromatic rings. The number of hydrogen-bond acceptors (Lipinski definition) is 4. The van der Waals surface area contributed by atoms with Crippen LogP contribution < -0.4 is 5.73 Å². The van der Waals surface area contributed by atoms with E-state index in [0.29, 0.717) is 18.0 Å². The first-order valence-electron chi connectivity index (χ1n) is 7.51. The lowest BCUT2D eigenvalue weighted by Gasteiger charge is -2.29. The van der Waals surface area contributed by atoms with E-state index in [1.54, 1.807) is 6.33 Å². The van der Waals surface area contributed by atoms with Crippen LogP contribution in [-0.4, -0.2) is 38.8 Å². The smallest absolute Gasteiger partial charge is 0.141 e. The molecule has 106 valence electrons. The number of nitrogens with zero attached hydrogens (tertiary/aromatic N) is 4. The summed E-state index contributed by atoms with van der Waals surface area (Å²) in [5.74, 6) is 2.59. The topological polar surface area (TPSA) is 60.0 Å². The Balaban J connectivity index is 1.67. The van der Waals surface area contributed by atoms with Gasteiger partial charge in [0.2, 0.25) is 0 Å². The molecule has 0 aromatic carbocycles. The van der Waals surface area contributed by atoms with Crippen LogP contribution in [0.4, 0.5) is 0 Å². The van der Waals surface area contributed by atoms with Crippen LogP contribution in [0.3, 0.4) is 0 Å². The first kappa shape index (κ1) is 13.1. The molecule has 0 radical (unpaired) electrons. The molecular weight excluding hydrogens is 238 g/mol. The molecule has 0 amide bonds. The molecule has 0 spiro atoms. The lowest BCUT2D eigenvalue weighted by Crippen LogP contribution is -2.38. The van der Waals surface area contributed by atoms with E-state index in [0.717, 1.165) is 24.8 Å². The van der Waals surface area contributed by atoms with Gasteiger partial charge in [0, 0.05) is 25.2 Å². The van der Waals surface area contributed by atoms with Crippen molar-refractivity contribution in [3.63, 3.8) is 0 Å². The van der Waals surface area contributed by atoms with E-state index in [-0.39, 0.29) is 0 Å². The number of hydrogen-bond donors (Lipinski definition) is 1. The molecule has 2 aliphatic rings. The van der Waals surface area contributed by atoms with Crippen LogP contribution in [0.5, 0.6) is 0 Å². The molecule has 2 heterocycles. The Bertz CT molecular complexity index is 427. The summed E-state index contributed by atoms with van der Waals surface area (Å²) in [4.78, 5) is 6.93. The summed E-state index contributed by atoms with van der Waals surface area (Å²) in [6.45, 7) is 7.54. The Morgan fingerprint density at radius 3 is 2.95 bits per heavy atom. The predicted octanol–water partition coefficient (Wildman–Crippen LogP) is 1.42. The van der Waals surface area contributed by atoms with E-state index >= 15 is 0 Å². The third kappa shape index (κ3) is 2.54. The number of fused-ring (bicyclic) bond motifs is 1. The molecule has 1 aliphatic carbocycles. The van der Waals surface area contributed by atoms with Crippen molar-refractivity contribution in [2.45, 2.75) is 51.7 Å². The molecule has 1 aliphatic heterocycles. The van der Waals surface area contributed by atoms with E-state index in [4.69, 9.17) is 5.73 Å². The monoisotopic (exact) mass is 263 g/mol. The van der Waals surface area contributed by atoms with Gasteiger partial charge < -0.3 is 5.73 Å². The van der Waals surface area contributed by atoms with Gasteiger partial charge in [-0.2, -0.15) is 5.10 Å². The number of nitrogens with two attached hydrogens (primary N) is 1. The minimum atomic E-state index is 0.379. The van der Waals surface area contributed by atoms with Crippen molar-refractivity contribution < 1.29 is 0 Å². The summed E-state index contributed by atoms with van der Waals surface area (Å²) in [6, 6.07) is 0.788. The van der Waals surface area contributed by atoms with E-state index in [1.807, 2.05) is 4.68 Å². The van der Waals surface area contributed by atoms with Gasteiger partial charge in [0.15, 0.2) is 0 Å². The predicted molar refractivity (Wildman–Crippen MR) is 74.5 cm³/mol. The SMILES string of the molecule is CC(C)n1ncnc1CN1CC2CCCC(N)C2C1. The summed E-state index contributed by atoms with van der Waals surface area (Å²) in [6.07, 6.45) is 5.53. The molecule has 1 aromatic heterocycles. The van der Waals surface area contributed by atoms with Crippen molar-refractivity contribution >= 4 is 0 Å². The van der Waals surface area contributed by atoms with Gasteiger partial charge in [-0.05, 0) is 38.5 Å². The molecule has 1 saturated heterocycles.